The fourth-order valence-electron chi connectivity index (χ4n) is 2.49. The second-order valence-electron chi connectivity index (χ2n) is 5.00. The van der Waals surface area contributed by atoms with Crippen LogP contribution in [-0.2, 0) is 19.4 Å². The molecule has 1 N–H and O–H groups in total. The Labute approximate surface area is 108 Å². The summed E-state index contributed by atoms with van der Waals surface area (Å²) in [5, 5.41) is 3.47. The first-order valence-electron chi connectivity index (χ1n) is 6.58. The van der Waals surface area contributed by atoms with Crippen LogP contribution in [0.5, 0.6) is 0 Å². The Hall–Kier alpha value is -1.83. The highest BCUT2D eigenvalue weighted by molar-refractivity contribution is 5.50. The first kappa shape index (κ1) is 11.3. The molecule has 2 nitrogen and oxygen atoms in total. The number of rotatable bonds is 3. The molecular formula is C16H18N2. The van der Waals surface area contributed by atoms with E-state index in [-0.39, 0.29) is 0 Å². The second kappa shape index (κ2) is 4.81. The molecule has 0 saturated carbocycles. The van der Waals surface area contributed by atoms with Gasteiger partial charge in [0.15, 0.2) is 0 Å². The predicted octanol–water partition coefficient (Wildman–Crippen LogP) is 3.49. The molecule has 0 unspecified atom stereocenters. The summed E-state index contributed by atoms with van der Waals surface area (Å²) in [5.41, 5.74) is 6.55. The van der Waals surface area contributed by atoms with Crippen molar-refractivity contribution in [2.24, 2.45) is 0 Å². The number of anilines is 1. The first-order valence-corrected chi connectivity index (χ1v) is 6.58. The first-order chi connectivity index (χ1) is 8.81. The van der Waals surface area contributed by atoms with Gasteiger partial charge in [-0.1, -0.05) is 12.1 Å². The Kier molecular flexibility index (Phi) is 3.01. The molecule has 92 valence electrons. The molecule has 1 aromatic heterocycles. The van der Waals surface area contributed by atoms with E-state index in [1.54, 1.807) is 0 Å². The molecule has 0 saturated heterocycles. The Morgan fingerprint density at radius 1 is 1.11 bits per heavy atom. The molecule has 1 aliphatic rings. The summed E-state index contributed by atoms with van der Waals surface area (Å²) in [6.07, 6.45) is 5.73. The van der Waals surface area contributed by atoms with Crippen molar-refractivity contribution < 1.29 is 0 Å². The Bertz CT molecular complexity index is 544. The highest BCUT2D eigenvalue weighted by Crippen LogP contribution is 2.25. The zero-order valence-electron chi connectivity index (χ0n) is 10.7. The minimum Gasteiger partial charge on any atom is -0.381 e. The predicted molar refractivity (Wildman–Crippen MR) is 74.8 cm³/mol. The maximum Gasteiger partial charge on any atom is 0.0416 e. The highest BCUT2D eigenvalue weighted by atomic mass is 14.9. The number of nitrogens with one attached hydrogen (secondary N) is 1. The molecule has 0 bridgehead atoms. The molecule has 0 aliphatic heterocycles. The summed E-state index contributed by atoms with van der Waals surface area (Å²) in [6.45, 7) is 2.85. The normalized spacial score (nSPS) is 13.4. The van der Waals surface area contributed by atoms with E-state index in [4.69, 9.17) is 0 Å². The fraction of sp³-hybridized carbons (Fsp3) is 0.312. The van der Waals surface area contributed by atoms with Crippen molar-refractivity contribution in [3.8, 4) is 0 Å². The van der Waals surface area contributed by atoms with Crippen molar-refractivity contribution in [2.75, 3.05) is 5.32 Å². The van der Waals surface area contributed by atoms with Gasteiger partial charge in [-0.05, 0) is 61.1 Å². The van der Waals surface area contributed by atoms with Gasteiger partial charge in [0.2, 0.25) is 0 Å². The topological polar surface area (TPSA) is 24.9 Å². The molecule has 3 rings (SSSR count). The van der Waals surface area contributed by atoms with E-state index < -0.39 is 0 Å². The van der Waals surface area contributed by atoms with Gasteiger partial charge in [0.25, 0.3) is 0 Å². The standard InChI is InChI=1S/C16H18N2/c1-12-5-6-13(10-17-12)11-18-16-8-7-14-3-2-4-15(14)9-16/h5-10,18H,2-4,11H2,1H3. The molecule has 1 aliphatic carbocycles. The van der Waals surface area contributed by atoms with Crippen LogP contribution in [0.15, 0.2) is 36.5 Å². The molecule has 2 aromatic rings. The third kappa shape index (κ3) is 2.37. The van der Waals surface area contributed by atoms with E-state index in [0.29, 0.717) is 0 Å². The average molecular weight is 238 g/mol. The molecule has 18 heavy (non-hydrogen) atoms. The lowest BCUT2D eigenvalue weighted by molar-refractivity contribution is 0.912. The molecule has 1 heterocycles. The van der Waals surface area contributed by atoms with E-state index in [9.17, 15) is 0 Å². The number of aryl methyl sites for hydroxylation is 3. The van der Waals surface area contributed by atoms with Gasteiger partial charge in [-0.3, -0.25) is 4.98 Å². The number of benzene rings is 1. The maximum atomic E-state index is 4.31. The van der Waals surface area contributed by atoms with E-state index >= 15 is 0 Å². The van der Waals surface area contributed by atoms with Gasteiger partial charge < -0.3 is 5.32 Å². The van der Waals surface area contributed by atoms with Crippen molar-refractivity contribution >= 4 is 5.69 Å². The van der Waals surface area contributed by atoms with Gasteiger partial charge in [-0.25, -0.2) is 0 Å². The van der Waals surface area contributed by atoms with Crippen LogP contribution in [-0.4, -0.2) is 4.98 Å². The van der Waals surface area contributed by atoms with E-state index in [1.807, 2.05) is 13.1 Å². The average Bonchev–Trinajstić information content (AvgIpc) is 2.85. The van der Waals surface area contributed by atoms with Gasteiger partial charge in [0.05, 0.1) is 0 Å². The van der Waals surface area contributed by atoms with Crippen molar-refractivity contribution in [3.63, 3.8) is 0 Å². The molecule has 0 amide bonds. The summed E-state index contributed by atoms with van der Waals surface area (Å²) in [4.78, 5) is 4.31. The lowest BCUT2D eigenvalue weighted by Gasteiger charge is -2.08. The van der Waals surface area contributed by atoms with Gasteiger partial charge in [-0.15, -0.1) is 0 Å². The number of fused-ring (bicyclic) bond motifs is 1. The van der Waals surface area contributed by atoms with Gasteiger partial charge in [-0.2, -0.15) is 0 Å². The van der Waals surface area contributed by atoms with Crippen molar-refractivity contribution in [2.45, 2.75) is 32.7 Å². The highest BCUT2D eigenvalue weighted by Gasteiger charge is 2.10. The number of hydrogen-bond acceptors (Lipinski definition) is 2. The third-order valence-corrected chi connectivity index (χ3v) is 3.57. The number of pyridine rings is 1. The summed E-state index contributed by atoms with van der Waals surface area (Å²) >= 11 is 0. The van der Waals surface area contributed by atoms with Crippen LogP contribution >= 0.6 is 0 Å². The molecule has 0 fully saturated rings. The molecule has 0 atom stereocenters. The van der Waals surface area contributed by atoms with Gasteiger partial charge in [0, 0.05) is 24.1 Å². The lowest BCUT2D eigenvalue weighted by Crippen LogP contribution is -2.00. The summed E-state index contributed by atoms with van der Waals surface area (Å²) < 4.78 is 0. The van der Waals surface area contributed by atoms with Crippen LogP contribution in [0.4, 0.5) is 5.69 Å². The summed E-state index contributed by atoms with van der Waals surface area (Å²) in [7, 11) is 0. The van der Waals surface area contributed by atoms with Gasteiger partial charge >= 0.3 is 0 Å². The largest absolute Gasteiger partial charge is 0.381 e. The summed E-state index contributed by atoms with van der Waals surface area (Å²) in [5.74, 6) is 0. The zero-order valence-corrected chi connectivity index (χ0v) is 10.7. The molecular weight excluding hydrogens is 220 g/mol. The Morgan fingerprint density at radius 2 is 2.00 bits per heavy atom. The molecule has 0 radical (unpaired) electrons. The van der Waals surface area contributed by atoms with Crippen LogP contribution < -0.4 is 5.32 Å². The third-order valence-electron chi connectivity index (χ3n) is 3.57. The summed E-state index contributed by atoms with van der Waals surface area (Å²) in [6, 6.07) is 10.9. The number of hydrogen-bond donors (Lipinski definition) is 1. The van der Waals surface area contributed by atoms with Crippen LogP contribution in [0, 0.1) is 6.92 Å². The van der Waals surface area contributed by atoms with Crippen LogP contribution in [0.3, 0.4) is 0 Å². The fourth-order valence-corrected chi connectivity index (χ4v) is 2.49. The van der Waals surface area contributed by atoms with Crippen molar-refractivity contribution in [3.05, 3.63) is 58.9 Å². The number of aromatic nitrogens is 1. The van der Waals surface area contributed by atoms with Crippen molar-refractivity contribution in [1.29, 1.82) is 0 Å². The minimum absolute atomic E-state index is 0.839. The van der Waals surface area contributed by atoms with Gasteiger partial charge in [0.1, 0.15) is 0 Å². The smallest absolute Gasteiger partial charge is 0.0416 e. The monoisotopic (exact) mass is 238 g/mol. The van der Waals surface area contributed by atoms with Crippen molar-refractivity contribution in [1.82, 2.24) is 4.98 Å². The number of nitrogens with zero attached hydrogens (tertiary/aromatic N) is 1. The Balaban J connectivity index is 1.68. The maximum absolute atomic E-state index is 4.31. The quantitative estimate of drug-likeness (QED) is 0.885. The van der Waals surface area contributed by atoms with E-state index in [0.717, 1.165) is 12.2 Å². The molecule has 2 heteroatoms. The molecule has 1 aromatic carbocycles. The van der Waals surface area contributed by atoms with Crippen LogP contribution in [0.2, 0.25) is 0 Å². The second-order valence-corrected chi connectivity index (χ2v) is 5.00. The van der Waals surface area contributed by atoms with Crippen LogP contribution in [0.1, 0.15) is 28.8 Å². The lowest BCUT2D eigenvalue weighted by atomic mass is 10.1. The zero-order chi connectivity index (χ0) is 12.4. The molecule has 0 spiro atoms. The minimum atomic E-state index is 0.839. The Morgan fingerprint density at radius 3 is 2.83 bits per heavy atom. The van der Waals surface area contributed by atoms with E-state index in [1.165, 1.54) is 41.6 Å². The van der Waals surface area contributed by atoms with Crippen LogP contribution in [0.25, 0.3) is 0 Å². The van der Waals surface area contributed by atoms with E-state index in [2.05, 4.69) is 40.6 Å². The SMILES string of the molecule is Cc1ccc(CNc2ccc3c(c2)CCC3)cn1.